The zero-order chi connectivity index (χ0) is 13.1. The molecule has 0 bridgehead atoms. The second-order valence-electron chi connectivity index (χ2n) is 6.02. The molecule has 0 spiro atoms. The lowest BCUT2D eigenvalue weighted by atomic mass is 10.0. The molecule has 3 rings (SSSR count). The van der Waals surface area contributed by atoms with E-state index in [9.17, 15) is 0 Å². The molecule has 0 radical (unpaired) electrons. The molecule has 3 nitrogen and oxygen atoms in total. The van der Waals surface area contributed by atoms with Gasteiger partial charge in [-0.3, -0.25) is 9.80 Å². The number of nitrogen functional groups attached to an aromatic ring is 1. The Morgan fingerprint density at radius 1 is 1.11 bits per heavy atom. The molecule has 19 heavy (non-hydrogen) atoms. The van der Waals surface area contributed by atoms with Crippen molar-refractivity contribution in [1.29, 1.82) is 0 Å². The average Bonchev–Trinajstić information content (AvgIpc) is 2.93. The molecule has 2 N–H and O–H groups in total. The molecule has 104 valence electrons. The van der Waals surface area contributed by atoms with Crippen LogP contribution in [0.25, 0.3) is 0 Å². The molecule has 1 unspecified atom stereocenters. The Morgan fingerprint density at radius 2 is 1.95 bits per heavy atom. The number of benzene rings is 1. The van der Waals surface area contributed by atoms with E-state index in [-0.39, 0.29) is 0 Å². The van der Waals surface area contributed by atoms with E-state index < -0.39 is 0 Å². The van der Waals surface area contributed by atoms with Crippen LogP contribution >= 0.6 is 0 Å². The third-order valence-electron chi connectivity index (χ3n) is 4.49. The second kappa shape index (κ2) is 5.93. The Kier molecular flexibility index (Phi) is 4.04. The Morgan fingerprint density at radius 3 is 2.74 bits per heavy atom. The van der Waals surface area contributed by atoms with Crippen molar-refractivity contribution in [2.75, 3.05) is 31.9 Å². The highest BCUT2D eigenvalue weighted by Crippen LogP contribution is 2.22. The number of hydrogen-bond donors (Lipinski definition) is 1. The van der Waals surface area contributed by atoms with Crippen LogP contribution in [0.5, 0.6) is 0 Å². The van der Waals surface area contributed by atoms with Crippen LogP contribution in [0.15, 0.2) is 24.3 Å². The van der Waals surface area contributed by atoms with E-state index in [1.54, 1.807) is 0 Å². The highest BCUT2D eigenvalue weighted by molar-refractivity contribution is 5.40. The van der Waals surface area contributed by atoms with Crippen molar-refractivity contribution in [3.8, 4) is 0 Å². The van der Waals surface area contributed by atoms with Gasteiger partial charge in [-0.15, -0.1) is 0 Å². The summed E-state index contributed by atoms with van der Waals surface area (Å²) in [6.45, 7) is 6.15. The van der Waals surface area contributed by atoms with Gasteiger partial charge in [-0.2, -0.15) is 0 Å². The van der Waals surface area contributed by atoms with Gasteiger partial charge in [0.1, 0.15) is 0 Å². The molecule has 2 aliphatic heterocycles. The number of likely N-dealkylation sites (tertiary alicyclic amines) is 2. The van der Waals surface area contributed by atoms with E-state index in [2.05, 4.69) is 28.0 Å². The van der Waals surface area contributed by atoms with E-state index >= 15 is 0 Å². The summed E-state index contributed by atoms with van der Waals surface area (Å²) in [4.78, 5) is 5.30. The molecule has 2 heterocycles. The van der Waals surface area contributed by atoms with Gasteiger partial charge >= 0.3 is 0 Å². The maximum Gasteiger partial charge on any atom is 0.0317 e. The molecule has 3 heteroatoms. The first-order valence-corrected chi connectivity index (χ1v) is 7.62. The van der Waals surface area contributed by atoms with Crippen LogP contribution < -0.4 is 5.73 Å². The van der Waals surface area contributed by atoms with Crippen molar-refractivity contribution in [1.82, 2.24) is 9.80 Å². The Labute approximate surface area is 116 Å². The standard InChI is InChI=1S/C16H25N3/c17-15-6-3-5-14(11-15)12-18-8-4-7-16(13-18)19-9-1-2-10-19/h3,5-6,11,16H,1-2,4,7-10,12-13,17H2. The first kappa shape index (κ1) is 12.9. The van der Waals surface area contributed by atoms with E-state index in [1.807, 2.05) is 6.07 Å². The van der Waals surface area contributed by atoms with Gasteiger partial charge in [-0.1, -0.05) is 12.1 Å². The maximum atomic E-state index is 5.86. The summed E-state index contributed by atoms with van der Waals surface area (Å²) in [5.41, 5.74) is 8.09. The summed E-state index contributed by atoms with van der Waals surface area (Å²) >= 11 is 0. The number of hydrogen-bond acceptors (Lipinski definition) is 3. The van der Waals surface area contributed by atoms with E-state index in [0.29, 0.717) is 0 Å². The maximum absolute atomic E-state index is 5.86. The molecule has 0 saturated carbocycles. The van der Waals surface area contributed by atoms with Gasteiger partial charge in [-0.25, -0.2) is 0 Å². The largest absolute Gasteiger partial charge is 0.399 e. The lowest BCUT2D eigenvalue weighted by molar-refractivity contribution is 0.110. The van der Waals surface area contributed by atoms with Crippen molar-refractivity contribution in [2.24, 2.45) is 0 Å². The summed E-state index contributed by atoms with van der Waals surface area (Å²) in [5.74, 6) is 0. The van der Waals surface area contributed by atoms with Crippen LogP contribution in [0, 0.1) is 0 Å². The van der Waals surface area contributed by atoms with E-state index in [1.165, 1.54) is 57.4 Å². The minimum atomic E-state index is 0.789. The van der Waals surface area contributed by atoms with Crippen LogP contribution in [0.3, 0.4) is 0 Å². The van der Waals surface area contributed by atoms with Gasteiger partial charge in [0.05, 0.1) is 0 Å². The van der Waals surface area contributed by atoms with E-state index in [0.717, 1.165) is 18.3 Å². The molecule has 0 amide bonds. The topological polar surface area (TPSA) is 32.5 Å². The molecule has 2 fully saturated rings. The quantitative estimate of drug-likeness (QED) is 0.846. The zero-order valence-electron chi connectivity index (χ0n) is 11.7. The fourth-order valence-corrected chi connectivity index (χ4v) is 3.53. The summed E-state index contributed by atoms with van der Waals surface area (Å²) in [6, 6.07) is 9.12. The van der Waals surface area contributed by atoms with Crippen molar-refractivity contribution in [3.05, 3.63) is 29.8 Å². The van der Waals surface area contributed by atoms with Gasteiger partial charge in [0, 0.05) is 24.8 Å². The highest BCUT2D eigenvalue weighted by atomic mass is 15.2. The number of piperidine rings is 1. The van der Waals surface area contributed by atoms with E-state index in [4.69, 9.17) is 5.73 Å². The molecule has 0 aromatic heterocycles. The summed E-state index contributed by atoms with van der Waals surface area (Å²) < 4.78 is 0. The zero-order valence-corrected chi connectivity index (χ0v) is 11.7. The molecule has 1 aromatic carbocycles. The number of anilines is 1. The van der Waals surface area contributed by atoms with Crippen LogP contribution in [0.2, 0.25) is 0 Å². The Balaban J connectivity index is 1.58. The third-order valence-corrected chi connectivity index (χ3v) is 4.49. The predicted molar refractivity (Wildman–Crippen MR) is 80.0 cm³/mol. The fraction of sp³-hybridized carbons (Fsp3) is 0.625. The molecule has 2 aliphatic rings. The first-order valence-electron chi connectivity index (χ1n) is 7.62. The molecule has 1 atom stereocenters. The SMILES string of the molecule is Nc1cccc(CN2CCCC(N3CCCC3)C2)c1. The smallest absolute Gasteiger partial charge is 0.0317 e. The number of nitrogens with zero attached hydrogens (tertiary/aromatic N) is 2. The second-order valence-corrected chi connectivity index (χ2v) is 6.02. The average molecular weight is 259 g/mol. The van der Waals surface area contributed by atoms with Gasteiger partial charge in [0.25, 0.3) is 0 Å². The molecule has 2 saturated heterocycles. The summed E-state index contributed by atoms with van der Waals surface area (Å²) in [5, 5.41) is 0. The molecular formula is C16H25N3. The normalized spacial score (nSPS) is 25.8. The predicted octanol–water partition coefficient (Wildman–Crippen LogP) is 2.33. The monoisotopic (exact) mass is 259 g/mol. The minimum Gasteiger partial charge on any atom is -0.399 e. The Bertz CT molecular complexity index is 412. The van der Waals surface area contributed by atoms with Crippen molar-refractivity contribution >= 4 is 5.69 Å². The lowest BCUT2D eigenvalue weighted by Gasteiger charge is -2.37. The third kappa shape index (κ3) is 3.28. The lowest BCUT2D eigenvalue weighted by Crippen LogP contribution is -2.46. The Hall–Kier alpha value is -1.06. The van der Waals surface area contributed by atoms with Crippen molar-refractivity contribution < 1.29 is 0 Å². The van der Waals surface area contributed by atoms with Crippen molar-refractivity contribution in [3.63, 3.8) is 0 Å². The molecular weight excluding hydrogens is 234 g/mol. The summed E-state index contributed by atoms with van der Waals surface area (Å²) in [6.07, 6.45) is 5.51. The van der Waals surface area contributed by atoms with Gasteiger partial charge < -0.3 is 5.73 Å². The molecule has 1 aromatic rings. The summed E-state index contributed by atoms with van der Waals surface area (Å²) in [7, 11) is 0. The van der Waals surface area contributed by atoms with Crippen LogP contribution in [-0.2, 0) is 6.54 Å². The van der Waals surface area contributed by atoms with Crippen molar-refractivity contribution in [2.45, 2.75) is 38.3 Å². The minimum absolute atomic E-state index is 0.789. The fourth-order valence-electron chi connectivity index (χ4n) is 3.53. The van der Waals surface area contributed by atoms with Gasteiger partial charge in [0.2, 0.25) is 0 Å². The number of nitrogens with two attached hydrogens (primary N) is 1. The first-order chi connectivity index (χ1) is 9.31. The molecule has 0 aliphatic carbocycles. The van der Waals surface area contributed by atoms with Gasteiger partial charge in [-0.05, 0) is 63.0 Å². The highest BCUT2D eigenvalue weighted by Gasteiger charge is 2.26. The van der Waals surface area contributed by atoms with Crippen LogP contribution in [0.1, 0.15) is 31.2 Å². The van der Waals surface area contributed by atoms with Gasteiger partial charge in [0.15, 0.2) is 0 Å². The van der Waals surface area contributed by atoms with Crippen LogP contribution in [-0.4, -0.2) is 42.0 Å². The van der Waals surface area contributed by atoms with Crippen LogP contribution in [0.4, 0.5) is 5.69 Å². The number of rotatable bonds is 3.